The average Bonchev–Trinajstić information content (AvgIpc) is 3.16. The van der Waals surface area contributed by atoms with Crippen molar-refractivity contribution >= 4 is 39.9 Å². The quantitative estimate of drug-likeness (QED) is 0.257. The standard InChI is InChI=1S/C38H40F3N7O6/c1-45-20-26(24-8-10-42-19-25(24)36(45)51)22-16-30(53-2)34(31(17-22)54-3)37(52)48-11-9-32(38(40,41)21-48)47-14-12-46(13-15-47)29-6-4-23(18-27(29)39)43-28-5-7-33(49)44-35(28)50/h4,6,8,10,16-20,28,32,43H,5,7,9,11-15,21H2,1-3H3,(H,44,49,50). The summed E-state index contributed by atoms with van der Waals surface area (Å²) in [5.74, 6) is -4.94. The highest BCUT2D eigenvalue weighted by atomic mass is 19.3. The molecule has 0 bridgehead atoms. The van der Waals surface area contributed by atoms with Crippen molar-refractivity contribution in [3.8, 4) is 22.6 Å². The van der Waals surface area contributed by atoms with Gasteiger partial charge in [0.15, 0.2) is 0 Å². The van der Waals surface area contributed by atoms with Gasteiger partial charge in [-0.15, -0.1) is 0 Å². The van der Waals surface area contributed by atoms with E-state index < -0.39 is 42.2 Å². The molecular weight excluding hydrogens is 707 g/mol. The second-order valence-electron chi connectivity index (χ2n) is 13.8. The summed E-state index contributed by atoms with van der Waals surface area (Å²) in [6, 6.07) is 7.74. The van der Waals surface area contributed by atoms with Crippen LogP contribution < -0.4 is 30.6 Å². The van der Waals surface area contributed by atoms with Gasteiger partial charge in [-0.1, -0.05) is 0 Å². The minimum Gasteiger partial charge on any atom is -0.496 e. The first kappa shape index (κ1) is 36.7. The van der Waals surface area contributed by atoms with Crippen LogP contribution in [0, 0.1) is 5.82 Å². The van der Waals surface area contributed by atoms with Gasteiger partial charge in [0.2, 0.25) is 11.8 Å². The fourth-order valence-corrected chi connectivity index (χ4v) is 7.69. The second kappa shape index (κ2) is 14.6. The number of hydrogen-bond acceptors (Lipinski definition) is 10. The number of ether oxygens (including phenoxy) is 2. The Morgan fingerprint density at radius 1 is 0.963 bits per heavy atom. The number of piperazine rings is 1. The second-order valence-corrected chi connectivity index (χ2v) is 13.8. The van der Waals surface area contributed by atoms with Gasteiger partial charge >= 0.3 is 0 Å². The molecule has 3 amide bonds. The van der Waals surface area contributed by atoms with Crippen LogP contribution in [0.4, 0.5) is 24.5 Å². The van der Waals surface area contributed by atoms with Gasteiger partial charge in [-0.2, -0.15) is 0 Å². The SMILES string of the molecule is COc1cc(-c2cn(C)c(=O)c3cnccc23)cc(OC)c1C(=O)N1CCC(N2CCN(c3ccc(NC4CCC(=O)NC4=O)cc3F)CC2)C(F)(F)C1. The van der Waals surface area contributed by atoms with E-state index in [4.69, 9.17) is 9.47 Å². The number of imide groups is 1. The summed E-state index contributed by atoms with van der Waals surface area (Å²) in [7, 11) is 4.40. The van der Waals surface area contributed by atoms with Crippen molar-refractivity contribution < 1.29 is 37.0 Å². The summed E-state index contributed by atoms with van der Waals surface area (Å²) in [6.45, 7) is 0.426. The molecule has 13 nitrogen and oxygen atoms in total. The molecule has 16 heteroatoms. The molecule has 0 saturated carbocycles. The van der Waals surface area contributed by atoms with Crippen LogP contribution in [0.5, 0.6) is 11.5 Å². The Kier molecular flexibility index (Phi) is 9.96. The Labute approximate surface area is 308 Å². The summed E-state index contributed by atoms with van der Waals surface area (Å²) in [4.78, 5) is 59.0. The molecule has 0 aliphatic carbocycles. The molecule has 5 heterocycles. The van der Waals surface area contributed by atoms with Crippen molar-refractivity contribution in [2.75, 3.05) is 63.7 Å². The molecule has 4 aromatic rings. The summed E-state index contributed by atoms with van der Waals surface area (Å²) in [5.41, 5.74) is 1.77. The first-order chi connectivity index (χ1) is 25.9. The molecule has 7 rings (SSSR count). The molecule has 2 aromatic carbocycles. The Morgan fingerprint density at radius 2 is 1.69 bits per heavy atom. The monoisotopic (exact) mass is 747 g/mol. The molecule has 3 saturated heterocycles. The van der Waals surface area contributed by atoms with Gasteiger partial charge in [0.05, 0.1) is 37.9 Å². The zero-order valence-corrected chi connectivity index (χ0v) is 30.0. The lowest BCUT2D eigenvalue weighted by molar-refractivity contribution is -0.133. The fraction of sp³-hybridized carbons (Fsp3) is 0.395. The Bertz CT molecular complexity index is 2160. The van der Waals surface area contributed by atoms with Crippen molar-refractivity contribution in [1.82, 2.24) is 24.7 Å². The zero-order valence-electron chi connectivity index (χ0n) is 30.0. The topological polar surface area (TPSA) is 138 Å². The number of nitrogens with zero attached hydrogens (tertiary/aromatic N) is 5. The molecule has 2 unspecified atom stereocenters. The third-order valence-corrected chi connectivity index (χ3v) is 10.5. The molecule has 2 atom stereocenters. The van der Waals surface area contributed by atoms with E-state index in [1.807, 2.05) is 0 Å². The molecule has 2 N–H and O–H groups in total. The average molecular weight is 748 g/mol. The molecule has 0 radical (unpaired) electrons. The van der Waals surface area contributed by atoms with Crippen LogP contribution in [0.3, 0.4) is 0 Å². The maximum Gasteiger partial charge on any atom is 0.280 e. The van der Waals surface area contributed by atoms with Crippen LogP contribution in [0.15, 0.2) is 59.8 Å². The van der Waals surface area contributed by atoms with Crippen molar-refractivity contribution in [2.45, 2.75) is 37.3 Å². The lowest BCUT2D eigenvalue weighted by Gasteiger charge is -2.46. The molecule has 0 spiro atoms. The molecule has 3 aliphatic rings. The van der Waals surface area contributed by atoms with Gasteiger partial charge in [-0.05, 0) is 60.2 Å². The van der Waals surface area contributed by atoms with E-state index in [9.17, 15) is 19.2 Å². The number of hydrogen-bond donors (Lipinski definition) is 2. The van der Waals surface area contributed by atoms with Crippen molar-refractivity contribution in [2.24, 2.45) is 7.05 Å². The van der Waals surface area contributed by atoms with Crippen LogP contribution in [0.2, 0.25) is 0 Å². The third kappa shape index (κ3) is 6.93. The molecule has 3 aliphatic heterocycles. The number of aryl methyl sites for hydroxylation is 1. The normalized spacial score (nSPS) is 20.5. The van der Waals surface area contributed by atoms with E-state index in [1.54, 1.807) is 59.6 Å². The first-order valence-electron chi connectivity index (χ1n) is 17.6. The summed E-state index contributed by atoms with van der Waals surface area (Å²) >= 11 is 0. The third-order valence-electron chi connectivity index (χ3n) is 10.5. The number of carbonyl (C=O) groups excluding carboxylic acids is 3. The van der Waals surface area contributed by atoms with E-state index in [-0.39, 0.29) is 61.0 Å². The predicted octanol–water partition coefficient (Wildman–Crippen LogP) is 3.65. The Hall–Kier alpha value is -5.64. The van der Waals surface area contributed by atoms with E-state index in [1.165, 1.54) is 31.0 Å². The van der Waals surface area contributed by atoms with Gasteiger partial charge < -0.3 is 29.2 Å². The number of piperidine rings is 2. The molecule has 284 valence electrons. The number of fused-ring (bicyclic) bond motifs is 1. The van der Waals surface area contributed by atoms with E-state index in [0.717, 1.165) is 4.90 Å². The Balaban J connectivity index is 1.02. The number of aromatic nitrogens is 2. The zero-order chi connectivity index (χ0) is 38.3. The van der Waals surface area contributed by atoms with Gasteiger partial charge in [0.1, 0.15) is 28.9 Å². The van der Waals surface area contributed by atoms with E-state index in [2.05, 4.69) is 15.6 Å². The molecule has 3 fully saturated rings. The van der Waals surface area contributed by atoms with Gasteiger partial charge in [-0.25, -0.2) is 13.2 Å². The first-order valence-corrected chi connectivity index (χ1v) is 17.6. The fourth-order valence-electron chi connectivity index (χ4n) is 7.69. The maximum atomic E-state index is 16.0. The number of anilines is 2. The van der Waals surface area contributed by atoms with Crippen LogP contribution >= 0.6 is 0 Å². The van der Waals surface area contributed by atoms with E-state index in [0.29, 0.717) is 52.8 Å². The number of methoxy groups -OCH3 is 2. The van der Waals surface area contributed by atoms with Crippen LogP contribution in [0.1, 0.15) is 29.6 Å². The van der Waals surface area contributed by atoms with Crippen molar-refractivity contribution in [1.29, 1.82) is 0 Å². The summed E-state index contributed by atoms with van der Waals surface area (Å²) < 4.78 is 59.9. The molecule has 54 heavy (non-hydrogen) atoms. The Morgan fingerprint density at radius 3 is 2.33 bits per heavy atom. The predicted molar refractivity (Wildman–Crippen MR) is 195 cm³/mol. The molecule has 2 aromatic heterocycles. The van der Waals surface area contributed by atoms with Gasteiger partial charge in [0.25, 0.3) is 17.4 Å². The summed E-state index contributed by atoms with van der Waals surface area (Å²) in [6.07, 6.45) is 5.25. The number of likely N-dealkylation sites (tertiary alicyclic amines) is 1. The highest BCUT2D eigenvalue weighted by Gasteiger charge is 2.49. The number of carbonyl (C=O) groups is 3. The number of amides is 3. The highest BCUT2D eigenvalue weighted by Crippen LogP contribution is 2.40. The van der Waals surface area contributed by atoms with E-state index >= 15 is 13.2 Å². The lowest BCUT2D eigenvalue weighted by Crippen LogP contribution is -2.62. The van der Waals surface area contributed by atoms with Crippen molar-refractivity contribution in [3.05, 3.63) is 76.7 Å². The number of nitrogens with one attached hydrogen (secondary N) is 2. The smallest absolute Gasteiger partial charge is 0.280 e. The minimum absolute atomic E-state index is 0.0164. The number of pyridine rings is 2. The number of rotatable bonds is 8. The summed E-state index contributed by atoms with van der Waals surface area (Å²) in [5, 5.41) is 6.28. The maximum absolute atomic E-state index is 16.0. The number of benzene rings is 2. The van der Waals surface area contributed by atoms with Crippen LogP contribution in [-0.2, 0) is 16.6 Å². The van der Waals surface area contributed by atoms with Crippen LogP contribution in [-0.4, -0.2) is 109 Å². The number of alkyl halides is 2. The number of halogens is 3. The van der Waals surface area contributed by atoms with Gasteiger partial charge in [-0.3, -0.25) is 34.4 Å². The minimum atomic E-state index is -3.24. The lowest BCUT2D eigenvalue weighted by atomic mass is 9.96. The van der Waals surface area contributed by atoms with Crippen LogP contribution in [0.25, 0.3) is 21.9 Å². The highest BCUT2D eigenvalue weighted by molar-refractivity contribution is 6.03. The van der Waals surface area contributed by atoms with Crippen molar-refractivity contribution in [3.63, 3.8) is 0 Å². The largest absolute Gasteiger partial charge is 0.496 e. The molecular formula is C38H40F3N7O6. The van der Waals surface area contributed by atoms with Gasteiger partial charge in [0, 0.05) is 76.0 Å².